The molecule has 19 heavy (non-hydrogen) atoms. The number of rotatable bonds is 4. The number of hydrogen-bond donors (Lipinski definition) is 0. The highest BCUT2D eigenvalue weighted by Crippen LogP contribution is 2.34. The van der Waals surface area contributed by atoms with E-state index in [4.69, 9.17) is 21.1 Å². The predicted molar refractivity (Wildman–Crippen MR) is 77.0 cm³/mol. The zero-order chi connectivity index (χ0) is 14.0. The maximum Gasteiger partial charge on any atom is 0.195 e. The molecule has 1 aromatic carbocycles. The Morgan fingerprint density at radius 3 is 2.26 bits per heavy atom. The summed E-state index contributed by atoms with van der Waals surface area (Å²) in [5, 5.41) is 4.11. The molecule has 0 atom stereocenters. The number of ether oxygens (including phenoxy) is 2. The molecule has 1 heterocycles. The van der Waals surface area contributed by atoms with Gasteiger partial charge in [-0.15, -0.1) is 0 Å². The lowest BCUT2D eigenvalue weighted by Gasteiger charge is -2.11. The molecule has 0 bridgehead atoms. The minimum Gasteiger partial charge on any atom is -0.493 e. The zero-order valence-electron chi connectivity index (χ0n) is 10.8. The van der Waals surface area contributed by atoms with Crippen LogP contribution in [0.4, 0.5) is 0 Å². The summed E-state index contributed by atoms with van der Waals surface area (Å²) in [5.74, 6) is 0.888. The van der Waals surface area contributed by atoms with E-state index in [1.54, 1.807) is 12.1 Å². The molecule has 3 nitrogen and oxygen atoms in total. The van der Waals surface area contributed by atoms with Gasteiger partial charge in [0, 0.05) is 22.6 Å². The molecule has 2 aromatic rings. The first kappa shape index (κ1) is 13.9. The molecule has 0 unspecified atom stereocenters. The van der Waals surface area contributed by atoms with Crippen LogP contribution in [0, 0.1) is 6.92 Å². The Bertz CT molecular complexity index is 619. The highest BCUT2D eigenvalue weighted by Gasteiger charge is 2.19. The van der Waals surface area contributed by atoms with Crippen molar-refractivity contribution < 1.29 is 14.3 Å². The van der Waals surface area contributed by atoms with Crippen molar-refractivity contribution in [1.82, 2.24) is 0 Å². The Morgan fingerprint density at radius 1 is 1.11 bits per heavy atom. The van der Waals surface area contributed by atoms with Crippen LogP contribution in [0.3, 0.4) is 0 Å². The number of aryl methyl sites for hydroxylation is 1. The molecule has 0 amide bonds. The van der Waals surface area contributed by atoms with E-state index in [2.05, 4.69) is 0 Å². The highest BCUT2D eigenvalue weighted by atomic mass is 35.5. The molecule has 0 spiro atoms. The van der Waals surface area contributed by atoms with Gasteiger partial charge in [-0.2, -0.15) is 11.3 Å². The quantitative estimate of drug-likeness (QED) is 0.801. The molecule has 0 aliphatic rings. The van der Waals surface area contributed by atoms with Gasteiger partial charge in [0.15, 0.2) is 17.3 Å². The Balaban J connectivity index is 2.51. The second-order valence-electron chi connectivity index (χ2n) is 3.98. The van der Waals surface area contributed by atoms with Crippen LogP contribution >= 0.6 is 22.9 Å². The molecule has 0 aliphatic carbocycles. The van der Waals surface area contributed by atoms with Crippen molar-refractivity contribution in [2.75, 3.05) is 14.2 Å². The van der Waals surface area contributed by atoms with Crippen LogP contribution in [0.25, 0.3) is 0 Å². The summed E-state index contributed by atoms with van der Waals surface area (Å²) in [6, 6.07) is 3.20. The number of thiophene rings is 1. The fourth-order valence-corrected chi connectivity index (χ4v) is 2.83. The van der Waals surface area contributed by atoms with E-state index in [0.717, 1.165) is 5.56 Å². The summed E-state index contributed by atoms with van der Waals surface area (Å²) in [5.41, 5.74) is 2.03. The third-order valence-electron chi connectivity index (χ3n) is 2.82. The average Bonchev–Trinajstić information content (AvgIpc) is 2.83. The zero-order valence-corrected chi connectivity index (χ0v) is 12.4. The molecule has 0 saturated heterocycles. The number of benzene rings is 1. The first-order chi connectivity index (χ1) is 9.08. The van der Waals surface area contributed by atoms with Crippen molar-refractivity contribution in [2.45, 2.75) is 6.92 Å². The molecule has 0 aliphatic heterocycles. The minimum atomic E-state index is -0.107. The van der Waals surface area contributed by atoms with Crippen molar-refractivity contribution in [3.8, 4) is 11.5 Å². The number of hydrogen-bond acceptors (Lipinski definition) is 4. The van der Waals surface area contributed by atoms with E-state index in [9.17, 15) is 4.79 Å². The number of carbonyl (C=O) groups is 1. The van der Waals surface area contributed by atoms with E-state index >= 15 is 0 Å². The summed E-state index contributed by atoms with van der Waals surface area (Å²) in [6.45, 7) is 1.90. The largest absolute Gasteiger partial charge is 0.493 e. The average molecular weight is 297 g/mol. The summed E-state index contributed by atoms with van der Waals surface area (Å²) < 4.78 is 10.3. The van der Waals surface area contributed by atoms with Gasteiger partial charge in [-0.25, -0.2) is 0 Å². The number of carbonyl (C=O) groups excluding carboxylic acids is 1. The smallest absolute Gasteiger partial charge is 0.195 e. The van der Waals surface area contributed by atoms with Gasteiger partial charge in [0.1, 0.15) is 0 Å². The SMILES string of the molecule is COc1cc(Cl)c(C(=O)c2cscc2C)cc1OC. The summed E-state index contributed by atoms with van der Waals surface area (Å²) in [7, 11) is 3.05. The molecular weight excluding hydrogens is 284 g/mol. The molecule has 100 valence electrons. The van der Waals surface area contributed by atoms with Crippen LogP contribution < -0.4 is 9.47 Å². The molecule has 5 heteroatoms. The first-order valence-electron chi connectivity index (χ1n) is 5.57. The van der Waals surface area contributed by atoms with Crippen molar-refractivity contribution in [1.29, 1.82) is 0 Å². The molecule has 2 rings (SSSR count). The molecule has 0 N–H and O–H groups in total. The normalized spacial score (nSPS) is 10.3. The minimum absolute atomic E-state index is 0.107. The standard InChI is InChI=1S/C14H13ClO3S/c1-8-6-19-7-10(8)14(16)9-4-12(17-2)13(18-3)5-11(9)15/h4-7H,1-3H3. The van der Waals surface area contributed by atoms with E-state index < -0.39 is 0 Å². The van der Waals surface area contributed by atoms with Crippen LogP contribution in [0.1, 0.15) is 21.5 Å². The third-order valence-corrected chi connectivity index (χ3v) is 3.99. The lowest BCUT2D eigenvalue weighted by molar-refractivity contribution is 0.103. The number of methoxy groups -OCH3 is 2. The highest BCUT2D eigenvalue weighted by molar-refractivity contribution is 7.08. The number of halogens is 1. The second kappa shape index (κ2) is 5.63. The van der Waals surface area contributed by atoms with Gasteiger partial charge < -0.3 is 9.47 Å². The van der Waals surface area contributed by atoms with Crippen molar-refractivity contribution >= 4 is 28.7 Å². The molecular formula is C14H13ClO3S. The van der Waals surface area contributed by atoms with E-state index in [0.29, 0.717) is 27.6 Å². The fourth-order valence-electron chi connectivity index (χ4n) is 1.77. The fraction of sp³-hybridized carbons (Fsp3) is 0.214. The molecule has 1 aromatic heterocycles. The van der Waals surface area contributed by atoms with Crippen LogP contribution in [-0.2, 0) is 0 Å². The van der Waals surface area contributed by atoms with Crippen LogP contribution in [0.5, 0.6) is 11.5 Å². The third kappa shape index (κ3) is 2.60. The van der Waals surface area contributed by atoms with Crippen molar-refractivity contribution in [3.63, 3.8) is 0 Å². The van der Waals surface area contributed by atoms with Gasteiger partial charge in [-0.1, -0.05) is 11.6 Å². The van der Waals surface area contributed by atoms with Crippen LogP contribution in [0.15, 0.2) is 22.9 Å². The monoisotopic (exact) mass is 296 g/mol. The van der Waals surface area contributed by atoms with Crippen LogP contribution in [0.2, 0.25) is 5.02 Å². The van der Waals surface area contributed by atoms with E-state index in [1.807, 2.05) is 17.7 Å². The Hall–Kier alpha value is -1.52. The molecule has 0 fully saturated rings. The molecule has 0 saturated carbocycles. The van der Waals surface area contributed by atoms with Gasteiger partial charge in [-0.05, 0) is 23.9 Å². The topological polar surface area (TPSA) is 35.5 Å². The van der Waals surface area contributed by atoms with Gasteiger partial charge in [0.25, 0.3) is 0 Å². The first-order valence-corrected chi connectivity index (χ1v) is 6.89. The summed E-state index contributed by atoms with van der Waals surface area (Å²) >= 11 is 7.64. The van der Waals surface area contributed by atoms with E-state index in [1.165, 1.54) is 25.6 Å². The van der Waals surface area contributed by atoms with Gasteiger partial charge in [0.05, 0.1) is 19.2 Å². The summed E-state index contributed by atoms with van der Waals surface area (Å²) in [6.07, 6.45) is 0. The lowest BCUT2D eigenvalue weighted by Crippen LogP contribution is -2.04. The van der Waals surface area contributed by atoms with Gasteiger partial charge in [0.2, 0.25) is 0 Å². The van der Waals surface area contributed by atoms with Crippen molar-refractivity contribution in [2.24, 2.45) is 0 Å². The van der Waals surface area contributed by atoms with Gasteiger partial charge in [-0.3, -0.25) is 4.79 Å². The predicted octanol–water partition coefficient (Wildman–Crippen LogP) is 3.96. The van der Waals surface area contributed by atoms with Gasteiger partial charge >= 0.3 is 0 Å². The molecule has 0 radical (unpaired) electrons. The lowest BCUT2D eigenvalue weighted by atomic mass is 10.0. The number of ketones is 1. The van der Waals surface area contributed by atoms with Crippen LogP contribution in [-0.4, -0.2) is 20.0 Å². The summed E-state index contributed by atoms with van der Waals surface area (Å²) in [4.78, 5) is 12.4. The Morgan fingerprint density at radius 2 is 1.74 bits per heavy atom. The Kier molecular flexibility index (Phi) is 4.12. The van der Waals surface area contributed by atoms with E-state index in [-0.39, 0.29) is 5.78 Å². The Labute approximate surface area is 120 Å². The van der Waals surface area contributed by atoms with Crippen molar-refractivity contribution in [3.05, 3.63) is 44.6 Å². The maximum atomic E-state index is 12.4. The second-order valence-corrected chi connectivity index (χ2v) is 5.14. The maximum absolute atomic E-state index is 12.4.